The topological polar surface area (TPSA) is 55.8 Å². The number of rotatable bonds is 6. The molecule has 6 heteroatoms. The van der Waals surface area contributed by atoms with Crippen molar-refractivity contribution in [2.24, 2.45) is 0 Å². The molecule has 0 saturated carbocycles. The number of anilines is 1. The number of nitrogens with zero attached hydrogens (tertiary/aromatic N) is 1. The Balaban J connectivity index is 1.89. The molecule has 1 atom stereocenters. The Labute approximate surface area is 197 Å². The van der Waals surface area contributed by atoms with Gasteiger partial charge in [0.05, 0.1) is 0 Å². The number of esters is 2. The summed E-state index contributed by atoms with van der Waals surface area (Å²) in [6, 6.07) is 7.70. The lowest BCUT2D eigenvalue weighted by Gasteiger charge is -2.21. The maximum absolute atomic E-state index is 11.9. The van der Waals surface area contributed by atoms with Crippen molar-refractivity contribution >= 4 is 36.4 Å². The summed E-state index contributed by atoms with van der Waals surface area (Å²) in [6.45, 7) is 19.8. The highest BCUT2D eigenvalue weighted by molar-refractivity contribution is 7.65. The third-order valence-electron chi connectivity index (χ3n) is 5.63. The van der Waals surface area contributed by atoms with Gasteiger partial charge in [0, 0.05) is 29.3 Å². The predicted octanol–water partition coefficient (Wildman–Crippen LogP) is 5.00. The van der Waals surface area contributed by atoms with Crippen LogP contribution in [-0.2, 0) is 9.59 Å². The van der Waals surface area contributed by atoms with E-state index in [-0.39, 0.29) is 0 Å². The average molecular weight is 466 g/mol. The van der Waals surface area contributed by atoms with Crippen LogP contribution in [0, 0.1) is 27.7 Å². The number of aryl methyl sites for hydroxylation is 4. The van der Waals surface area contributed by atoms with Crippen LogP contribution in [-0.4, -0.2) is 30.6 Å². The summed E-state index contributed by atoms with van der Waals surface area (Å²) in [5.74, 6) is 2.65. The van der Waals surface area contributed by atoms with E-state index in [1.54, 1.807) is 13.8 Å². The second-order valence-corrected chi connectivity index (χ2v) is 11.1. The van der Waals surface area contributed by atoms with Gasteiger partial charge in [-0.3, -0.25) is 0 Å². The van der Waals surface area contributed by atoms with Crippen LogP contribution in [0.25, 0.3) is 0 Å². The van der Waals surface area contributed by atoms with Crippen molar-refractivity contribution < 1.29 is 19.1 Å². The SMILES string of the molecule is C=C(C)C(=O)Oc1cc(C)c(N2C=[PH](c3c(C)cc(OC(=O)C(=C)C)cc3C)CC2)c(C)c1. The van der Waals surface area contributed by atoms with Crippen LogP contribution in [0.5, 0.6) is 11.5 Å². The Hall–Kier alpha value is -3.04. The molecule has 0 fully saturated rings. The molecular weight excluding hydrogens is 433 g/mol. The van der Waals surface area contributed by atoms with E-state index >= 15 is 0 Å². The summed E-state index contributed by atoms with van der Waals surface area (Å²) in [5.41, 5.74) is 6.33. The fourth-order valence-electron chi connectivity index (χ4n) is 4.23. The fourth-order valence-corrected chi connectivity index (χ4v) is 7.01. The van der Waals surface area contributed by atoms with Crippen molar-refractivity contribution in [2.75, 3.05) is 17.6 Å². The van der Waals surface area contributed by atoms with E-state index in [1.165, 1.54) is 5.30 Å². The predicted molar refractivity (Wildman–Crippen MR) is 139 cm³/mol. The zero-order chi connectivity index (χ0) is 24.4. The van der Waals surface area contributed by atoms with Crippen LogP contribution in [0.3, 0.4) is 0 Å². The van der Waals surface area contributed by atoms with Crippen molar-refractivity contribution in [2.45, 2.75) is 41.5 Å². The Kier molecular flexibility index (Phi) is 7.34. The van der Waals surface area contributed by atoms with Crippen LogP contribution < -0.4 is 19.7 Å². The molecule has 2 aromatic carbocycles. The molecule has 0 bridgehead atoms. The minimum absolute atomic E-state index is 0.376. The van der Waals surface area contributed by atoms with Crippen molar-refractivity contribution in [1.29, 1.82) is 0 Å². The van der Waals surface area contributed by atoms with Crippen molar-refractivity contribution in [3.63, 3.8) is 0 Å². The van der Waals surface area contributed by atoms with Crippen molar-refractivity contribution in [3.05, 3.63) is 70.8 Å². The molecule has 1 aliphatic rings. The Morgan fingerprint density at radius 1 is 0.818 bits per heavy atom. The van der Waals surface area contributed by atoms with Crippen LogP contribution in [0.2, 0.25) is 0 Å². The first kappa shape index (κ1) is 24.6. The van der Waals surface area contributed by atoms with Crippen molar-refractivity contribution in [3.8, 4) is 11.5 Å². The Morgan fingerprint density at radius 2 is 1.24 bits per heavy atom. The van der Waals surface area contributed by atoms with E-state index in [1.807, 2.05) is 38.1 Å². The fraction of sp³-hybridized carbons (Fsp3) is 0.296. The normalized spacial score (nSPS) is 15.1. The van der Waals surface area contributed by atoms with Gasteiger partial charge in [-0.05, 0) is 99.5 Å². The van der Waals surface area contributed by atoms with Crippen LogP contribution >= 0.6 is 7.55 Å². The van der Waals surface area contributed by atoms with Gasteiger partial charge in [0.25, 0.3) is 0 Å². The molecule has 1 unspecified atom stereocenters. The molecule has 3 rings (SSSR count). The Morgan fingerprint density at radius 3 is 1.67 bits per heavy atom. The van der Waals surface area contributed by atoms with Gasteiger partial charge in [-0.1, -0.05) is 20.7 Å². The van der Waals surface area contributed by atoms with E-state index in [0.717, 1.165) is 40.6 Å². The van der Waals surface area contributed by atoms with Crippen LogP contribution in [0.15, 0.2) is 48.6 Å². The molecule has 0 amide bonds. The molecule has 33 heavy (non-hydrogen) atoms. The van der Waals surface area contributed by atoms with E-state index < -0.39 is 19.5 Å². The lowest BCUT2D eigenvalue weighted by Crippen LogP contribution is -2.20. The van der Waals surface area contributed by atoms with Gasteiger partial charge >= 0.3 is 11.9 Å². The number of benzene rings is 2. The van der Waals surface area contributed by atoms with Crippen molar-refractivity contribution in [1.82, 2.24) is 0 Å². The minimum Gasteiger partial charge on any atom is -0.423 e. The van der Waals surface area contributed by atoms with Gasteiger partial charge < -0.3 is 14.4 Å². The monoisotopic (exact) mass is 465 g/mol. The quantitative estimate of drug-likeness (QED) is 0.260. The average Bonchev–Trinajstić information content (AvgIpc) is 3.15. The summed E-state index contributed by atoms with van der Waals surface area (Å²) in [6.07, 6.45) is 1.09. The first-order valence-electron chi connectivity index (χ1n) is 10.9. The number of carbonyl (C=O) groups excluding carboxylic acids is 2. The third-order valence-corrected chi connectivity index (χ3v) is 8.45. The molecule has 1 aliphatic heterocycles. The lowest BCUT2D eigenvalue weighted by atomic mass is 10.1. The minimum atomic E-state index is -0.933. The lowest BCUT2D eigenvalue weighted by molar-refractivity contribution is -0.130. The third kappa shape index (κ3) is 5.48. The summed E-state index contributed by atoms with van der Waals surface area (Å²) in [7, 11) is -0.933. The van der Waals surface area contributed by atoms with Gasteiger partial charge in [0.15, 0.2) is 0 Å². The molecule has 0 spiro atoms. The standard InChI is InChI=1S/C27H32NO4P/c1-16(2)26(29)31-22-11-18(5)24(19(6)12-22)28-9-10-33(15-28)25-20(7)13-23(14-21(25)8)32-27(30)17(3)4/h11-15,33H,1,3,9-10H2,2,4-8H3. The van der Waals surface area contributed by atoms with E-state index in [9.17, 15) is 9.59 Å². The molecule has 0 saturated heterocycles. The molecule has 1 heterocycles. The number of hydrogen-bond donors (Lipinski definition) is 0. The number of ether oxygens (including phenoxy) is 2. The molecule has 174 valence electrons. The Bertz CT molecular complexity index is 1160. The summed E-state index contributed by atoms with van der Waals surface area (Å²) in [5, 5.41) is 1.36. The first-order chi connectivity index (χ1) is 15.5. The van der Waals surface area contributed by atoms with E-state index in [0.29, 0.717) is 22.6 Å². The molecule has 0 aromatic heterocycles. The highest BCUT2D eigenvalue weighted by Crippen LogP contribution is 2.37. The summed E-state index contributed by atoms with van der Waals surface area (Å²) in [4.78, 5) is 26.1. The smallest absolute Gasteiger partial charge is 0.338 e. The van der Waals surface area contributed by atoms with Gasteiger partial charge in [-0.2, -0.15) is 0 Å². The molecule has 5 nitrogen and oxygen atoms in total. The van der Waals surface area contributed by atoms with E-state index in [2.05, 4.69) is 37.8 Å². The highest BCUT2D eigenvalue weighted by atomic mass is 31.1. The van der Waals surface area contributed by atoms with Gasteiger partial charge in [-0.15, -0.1) is 0 Å². The number of hydrogen-bond acceptors (Lipinski definition) is 5. The molecular formula is C27H32NO4P. The van der Waals surface area contributed by atoms with Gasteiger partial charge in [-0.25, -0.2) is 9.59 Å². The highest BCUT2D eigenvalue weighted by Gasteiger charge is 2.21. The molecule has 0 N–H and O–H groups in total. The second kappa shape index (κ2) is 9.84. The first-order valence-corrected chi connectivity index (χ1v) is 12.7. The van der Waals surface area contributed by atoms with E-state index in [4.69, 9.17) is 9.47 Å². The zero-order valence-electron chi connectivity index (χ0n) is 20.3. The zero-order valence-corrected chi connectivity index (χ0v) is 21.3. The van der Waals surface area contributed by atoms with Gasteiger partial charge in [0.1, 0.15) is 11.5 Å². The second-order valence-electron chi connectivity index (χ2n) is 8.78. The molecule has 0 radical (unpaired) electrons. The summed E-state index contributed by atoms with van der Waals surface area (Å²) >= 11 is 0. The number of carbonyl (C=O) groups is 2. The van der Waals surface area contributed by atoms with Gasteiger partial charge in [0.2, 0.25) is 0 Å². The van der Waals surface area contributed by atoms with Crippen LogP contribution in [0.4, 0.5) is 5.69 Å². The van der Waals surface area contributed by atoms with Crippen LogP contribution in [0.1, 0.15) is 36.1 Å². The maximum Gasteiger partial charge on any atom is 0.338 e. The maximum atomic E-state index is 11.9. The molecule has 0 aliphatic carbocycles. The summed E-state index contributed by atoms with van der Waals surface area (Å²) < 4.78 is 10.9. The molecule has 2 aromatic rings. The largest absolute Gasteiger partial charge is 0.423 e.